The third-order valence-electron chi connectivity index (χ3n) is 4.13. The van der Waals surface area contributed by atoms with E-state index in [2.05, 4.69) is 50.9 Å². The number of rotatable bonds is 5. The lowest BCUT2D eigenvalue weighted by Crippen LogP contribution is -2.39. The van der Waals surface area contributed by atoms with Gasteiger partial charge in [0, 0.05) is 35.4 Å². The Hall–Kier alpha value is -0.380. The Balaban J connectivity index is 1.95. The number of likely N-dealkylation sites (tertiary alicyclic amines) is 1. The molecule has 0 aliphatic carbocycles. The number of nitrogens with zero attached hydrogens (tertiary/aromatic N) is 1. The van der Waals surface area contributed by atoms with Crippen molar-refractivity contribution in [2.45, 2.75) is 66.6 Å². The fraction of sp³-hybridized carbons (Fsp3) is 0.765. The first-order valence-corrected chi connectivity index (χ1v) is 8.71. The highest BCUT2D eigenvalue weighted by atomic mass is 32.1. The molecule has 2 heterocycles. The first kappa shape index (κ1) is 16.0. The van der Waals surface area contributed by atoms with Crippen LogP contribution in [0.3, 0.4) is 0 Å². The fourth-order valence-electron chi connectivity index (χ4n) is 3.06. The van der Waals surface area contributed by atoms with Gasteiger partial charge in [0.2, 0.25) is 0 Å². The van der Waals surface area contributed by atoms with E-state index in [0.29, 0.717) is 11.5 Å². The van der Waals surface area contributed by atoms with Gasteiger partial charge in [-0.05, 0) is 43.4 Å². The van der Waals surface area contributed by atoms with Crippen molar-refractivity contribution < 1.29 is 0 Å². The van der Waals surface area contributed by atoms with E-state index in [1.807, 2.05) is 11.3 Å². The topological polar surface area (TPSA) is 15.3 Å². The Morgan fingerprint density at radius 1 is 1.40 bits per heavy atom. The van der Waals surface area contributed by atoms with Crippen molar-refractivity contribution in [1.82, 2.24) is 10.2 Å². The summed E-state index contributed by atoms with van der Waals surface area (Å²) in [5.74, 6) is 0. The summed E-state index contributed by atoms with van der Waals surface area (Å²) in [5, 5.41) is 3.52. The number of nitrogens with one attached hydrogen (secondary N) is 1. The second-order valence-corrected chi connectivity index (χ2v) is 8.65. The van der Waals surface area contributed by atoms with Crippen LogP contribution in [-0.2, 0) is 13.1 Å². The lowest BCUT2D eigenvalue weighted by molar-refractivity contribution is 0.111. The van der Waals surface area contributed by atoms with Gasteiger partial charge in [-0.2, -0.15) is 0 Å². The van der Waals surface area contributed by atoms with Gasteiger partial charge < -0.3 is 5.32 Å². The van der Waals surface area contributed by atoms with Crippen LogP contribution in [0.25, 0.3) is 0 Å². The third-order valence-corrected chi connectivity index (χ3v) is 5.22. The summed E-state index contributed by atoms with van der Waals surface area (Å²) in [7, 11) is 0. The summed E-state index contributed by atoms with van der Waals surface area (Å²) in [6.07, 6.45) is 2.72. The van der Waals surface area contributed by atoms with Crippen LogP contribution in [0.15, 0.2) is 6.07 Å². The molecule has 1 aliphatic rings. The highest BCUT2D eigenvalue weighted by Gasteiger charge is 2.26. The molecule has 0 radical (unpaired) electrons. The Morgan fingerprint density at radius 3 is 2.80 bits per heavy atom. The van der Waals surface area contributed by atoms with Gasteiger partial charge in [-0.3, -0.25) is 4.90 Å². The molecule has 2 rings (SSSR count). The molecular formula is C17H30N2S. The molecule has 0 bridgehead atoms. The largest absolute Gasteiger partial charge is 0.310 e. The van der Waals surface area contributed by atoms with E-state index < -0.39 is 0 Å². The molecule has 0 amide bonds. The van der Waals surface area contributed by atoms with E-state index in [1.54, 1.807) is 0 Å². The summed E-state index contributed by atoms with van der Waals surface area (Å²) >= 11 is 1.96. The Bertz CT molecular complexity index is 434. The van der Waals surface area contributed by atoms with Crippen LogP contribution in [0, 0.1) is 12.3 Å². The van der Waals surface area contributed by atoms with Crippen molar-refractivity contribution in [3.8, 4) is 0 Å². The second kappa shape index (κ2) is 6.59. The Labute approximate surface area is 128 Å². The van der Waals surface area contributed by atoms with E-state index in [0.717, 1.165) is 13.1 Å². The molecule has 114 valence electrons. The predicted octanol–water partition coefficient (Wildman–Crippen LogP) is 4.18. The van der Waals surface area contributed by atoms with Gasteiger partial charge in [0.05, 0.1) is 0 Å². The van der Waals surface area contributed by atoms with E-state index >= 15 is 0 Å². The first-order valence-electron chi connectivity index (χ1n) is 7.90. The third kappa shape index (κ3) is 4.57. The predicted molar refractivity (Wildman–Crippen MR) is 89.3 cm³/mol. The van der Waals surface area contributed by atoms with Crippen LogP contribution in [0.1, 0.15) is 55.9 Å². The van der Waals surface area contributed by atoms with Gasteiger partial charge in [0.1, 0.15) is 0 Å². The van der Waals surface area contributed by atoms with Crippen molar-refractivity contribution in [2.24, 2.45) is 5.41 Å². The molecule has 1 aromatic rings. The Kier molecular flexibility index (Phi) is 5.27. The van der Waals surface area contributed by atoms with Crippen LogP contribution in [0.4, 0.5) is 0 Å². The molecule has 0 atom stereocenters. The molecule has 1 aliphatic heterocycles. The fourth-order valence-corrected chi connectivity index (χ4v) is 4.06. The van der Waals surface area contributed by atoms with E-state index in [-0.39, 0.29) is 0 Å². The number of hydrogen-bond acceptors (Lipinski definition) is 3. The molecule has 0 saturated carbocycles. The molecule has 0 unspecified atom stereocenters. The van der Waals surface area contributed by atoms with E-state index in [9.17, 15) is 0 Å². The molecule has 0 aromatic carbocycles. The van der Waals surface area contributed by atoms with Crippen LogP contribution in [0.2, 0.25) is 0 Å². The minimum atomic E-state index is 0.490. The van der Waals surface area contributed by atoms with Crippen LogP contribution < -0.4 is 5.32 Å². The number of hydrogen-bond donors (Lipinski definition) is 1. The van der Waals surface area contributed by atoms with Gasteiger partial charge >= 0.3 is 0 Å². The van der Waals surface area contributed by atoms with Gasteiger partial charge in [-0.25, -0.2) is 0 Å². The smallest absolute Gasteiger partial charge is 0.0302 e. The zero-order valence-electron chi connectivity index (χ0n) is 13.8. The Morgan fingerprint density at radius 2 is 2.15 bits per heavy atom. The summed E-state index contributed by atoms with van der Waals surface area (Å²) < 4.78 is 0. The zero-order valence-corrected chi connectivity index (χ0v) is 14.6. The van der Waals surface area contributed by atoms with Crippen LogP contribution in [-0.4, -0.2) is 24.0 Å². The number of piperidine rings is 1. The van der Waals surface area contributed by atoms with Gasteiger partial charge in [0.15, 0.2) is 0 Å². The standard InChI is InChI=1S/C17H30N2S/c1-13(2)18-10-16-9-15(14(3)20-16)11-19-8-6-7-17(4,5)12-19/h9,13,18H,6-8,10-12H2,1-5H3. The molecule has 0 spiro atoms. The summed E-state index contributed by atoms with van der Waals surface area (Å²) in [6, 6.07) is 2.97. The average molecular weight is 295 g/mol. The highest BCUT2D eigenvalue weighted by Crippen LogP contribution is 2.30. The van der Waals surface area contributed by atoms with Crippen LogP contribution >= 0.6 is 11.3 Å². The van der Waals surface area contributed by atoms with E-state index in [1.165, 1.54) is 41.2 Å². The van der Waals surface area contributed by atoms with Gasteiger partial charge in [-0.15, -0.1) is 11.3 Å². The molecule has 20 heavy (non-hydrogen) atoms. The van der Waals surface area contributed by atoms with E-state index in [4.69, 9.17) is 0 Å². The zero-order chi connectivity index (χ0) is 14.8. The maximum atomic E-state index is 3.52. The summed E-state index contributed by atoms with van der Waals surface area (Å²) in [5.41, 5.74) is 2.03. The highest BCUT2D eigenvalue weighted by molar-refractivity contribution is 7.12. The maximum Gasteiger partial charge on any atom is 0.0302 e. The quantitative estimate of drug-likeness (QED) is 0.876. The lowest BCUT2D eigenvalue weighted by Gasteiger charge is -2.38. The van der Waals surface area contributed by atoms with Gasteiger partial charge in [0.25, 0.3) is 0 Å². The minimum absolute atomic E-state index is 0.490. The second-order valence-electron chi connectivity index (χ2n) is 7.31. The van der Waals surface area contributed by atoms with Crippen molar-refractivity contribution in [3.05, 3.63) is 21.4 Å². The summed E-state index contributed by atoms with van der Waals surface area (Å²) in [6.45, 7) is 16.1. The molecule has 1 saturated heterocycles. The van der Waals surface area contributed by atoms with Crippen molar-refractivity contribution in [2.75, 3.05) is 13.1 Å². The summed E-state index contributed by atoms with van der Waals surface area (Å²) in [4.78, 5) is 5.61. The normalized spacial score (nSPS) is 19.7. The molecule has 1 aromatic heterocycles. The molecule has 1 N–H and O–H groups in total. The first-order chi connectivity index (χ1) is 9.35. The average Bonchev–Trinajstić information content (AvgIpc) is 2.66. The SMILES string of the molecule is Cc1sc(CNC(C)C)cc1CN1CCCC(C)(C)C1. The van der Waals surface area contributed by atoms with Crippen LogP contribution in [0.5, 0.6) is 0 Å². The molecule has 1 fully saturated rings. The maximum absolute atomic E-state index is 3.52. The van der Waals surface area contributed by atoms with Crippen molar-refractivity contribution in [3.63, 3.8) is 0 Å². The minimum Gasteiger partial charge on any atom is -0.310 e. The van der Waals surface area contributed by atoms with Gasteiger partial charge in [-0.1, -0.05) is 27.7 Å². The van der Waals surface area contributed by atoms with Crippen molar-refractivity contribution >= 4 is 11.3 Å². The van der Waals surface area contributed by atoms with Crippen molar-refractivity contribution in [1.29, 1.82) is 0 Å². The monoisotopic (exact) mass is 294 g/mol. The molecular weight excluding hydrogens is 264 g/mol. The number of thiophene rings is 1. The number of aryl methyl sites for hydroxylation is 1. The molecule has 2 nitrogen and oxygen atoms in total. The molecule has 3 heteroatoms. The lowest BCUT2D eigenvalue weighted by atomic mass is 9.84.